The number of hydrogen-bond donors (Lipinski definition) is 0. The maximum Gasteiger partial charge on any atom is 0.0991 e. The number of nitrogens with zero attached hydrogens (tertiary/aromatic N) is 3. The van der Waals surface area contributed by atoms with E-state index in [0.29, 0.717) is 0 Å². The Balaban J connectivity index is 1.89. The molecule has 0 atom stereocenters. The van der Waals surface area contributed by atoms with E-state index in [4.69, 9.17) is 4.98 Å². The van der Waals surface area contributed by atoms with Crippen molar-refractivity contribution in [1.29, 1.82) is 5.26 Å². The number of nitriles is 1. The zero-order valence-electron chi connectivity index (χ0n) is 14.8. The molecular weight excluding hydrogens is 306 g/mol. The second-order valence-electron chi connectivity index (χ2n) is 6.91. The number of piperidine rings is 1. The summed E-state index contributed by atoms with van der Waals surface area (Å²) in [5.74, 6) is 0. The molecule has 2 heterocycles. The van der Waals surface area contributed by atoms with Crippen molar-refractivity contribution in [1.82, 2.24) is 9.88 Å². The second-order valence-corrected chi connectivity index (χ2v) is 6.91. The third-order valence-electron chi connectivity index (χ3n) is 5.56. The number of rotatable bonds is 1. The van der Waals surface area contributed by atoms with Crippen molar-refractivity contribution in [3.8, 4) is 6.07 Å². The van der Waals surface area contributed by atoms with E-state index in [1.54, 1.807) is 0 Å². The zero-order chi connectivity index (χ0) is 17.2. The Labute approximate surface area is 149 Å². The van der Waals surface area contributed by atoms with Crippen LogP contribution in [0.1, 0.15) is 47.7 Å². The third kappa shape index (κ3) is 2.99. The molecule has 2 aliphatic rings. The van der Waals surface area contributed by atoms with Crippen LogP contribution in [0.2, 0.25) is 0 Å². The second kappa shape index (κ2) is 6.82. The van der Waals surface area contributed by atoms with E-state index >= 15 is 0 Å². The summed E-state index contributed by atoms with van der Waals surface area (Å²) in [7, 11) is 0. The van der Waals surface area contributed by atoms with E-state index in [2.05, 4.69) is 36.1 Å². The van der Waals surface area contributed by atoms with Crippen LogP contribution in [0, 0.1) is 11.3 Å². The lowest BCUT2D eigenvalue weighted by atomic mass is 9.88. The van der Waals surface area contributed by atoms with Crippen LogP contribution in [-0.2, 0) is 12.8 Å². The van der Waals surface area contributed by atoms with Gasteiger partial charge in [0.1, 0.15) is 0 Å². The maximum absolute atomic E-state index is 9.27. The summed E-state index contributed by atoms with van der Waals surface area (Å²) in [4.78, 5) is 7.29. The van der Waals surface area contributed by atoms with E-state index in [1.165, 1.54) is 27.8 Å². The standard InChI is InChI=1S/C22H23N3/c1-2-25-12-9-17(10-13-25)21-20-8-5-16(15-23)14-19(20)7-6-18-4-3-11-24-22(18)21/h3-5,8,11,14H,2,6-7,9-10,12-13H2,1H3. The van der Waals surface area contributed by atoms with E-state index in [1.807, 2.05) is 18.3 Å². The molecule has 0 saturated carbocycles. The van der Waals surface area contributed by atoms with Crippen molar-refractivity contribution in [2.75, 3.05) is 19.6 Å². The molecule has 2 aromatic rings. The van der Waals surface area contributed by atoms with E-state index < -0.39 is 0 Å². The number of likely N-dealkylation sites (tertiary alicyclic amines) is 1. The van der Waals surface area contributed by atoms with Crippen LogP contribution in [0.25, 0.3) is 5.57 Å². The van der Waals surface area contributed by atoms with Crippen molar-refractivity contribution in [2.24, 2.45) is 0 Å². The molecule has 1 aromatic heterocycles. The highest BCUT2D eigenvalue weighted by Crippen LogP contribution is 2.37. The van der Waals surface area contributed by atoms with Crippen LogP contribution in [0.5, 0.6) is 0 Å². The van der Waals surface area contributed by atoms with Crippen molar-refractivity contribution >= 4 is 5.57 Å². The molecule has 1 aliphatic carbocycles. The van der Waals surface area contributed by atoms with E-state index in [-0.39, 0.29) is 0 Å². The van der Waals surface area contributed by atoms with Gasteiger partial charge in [-0.2, -0.15) is 5.26 Å². The predicted molar refractivity (Wildman–Crippen MR) is 100 cm³/mol. The molecule has 0 unspecified atom stereocenters. The molecule has 4 rings (SSSR count). The summed E-state index contributed by atoms with van der Waals surface area (Å²) in [6, 6.07) is 12.7. The lowest BCUT2D eigenvalue weighted by Gasteiger charge is -2.29. The minimum atomic E-state index is 0.753. The molecule has 0 amide bonds. The van der Waals surface area contributed by atoms with Gasteiger partial charge in [-0.3, -0.25) is 4.98 Å². The van der Waals surface area contributed by atoms with Gasteiger partial charge < -0.3 is 4.90 Å². The number of fused-ring (bicyclic) bond motifs is 2. The van der Waals surface area contributed by atoms with Gasteiger partial charge in [0.15, 0.2) is 0 Å². The Morgan fingerprint density at radius 3 is 2.64 bits per heavy atom. The first-order valence-electron chi connectivity index (χ1n) is 9.22. The molecule has 0 N–H and O–H groups in total. The molecular formula is C22H23N3. The first-order chi connectivity index (χ1) is 12.3. The molecule has 0 bridgehead atoms. The van der Waals surface area contributed by atoms with Crippen LogP contribution in [0.15, 0.2) is 42.1 Å². The van der Waals surface area contributed by atoms with Gasteiger partial charge in [-0.25, -0.2) is 0 Å². The number of benzene rings is 1. The molecule has 126 valence electrons. The normalized spacial score (nSPS) is 17.4. The first-order valence-corrected chi connectivity index (χ1v) is 9.22. The Morgan fingerprint density at radius 1 is 1.08 bits per heavy atom. The van der Waals surface area contributed by atoms with Gasteiger partial charge >= 0.3 is 0 Å². The van der Waals surface area contributed by atoms with Gasteiger partial charge in [0.25, 0.3) is 0 Å². The Bertz CT molecular complexity index is 863. The topological polar surface area (TPSA) is 39.9 Å². The largest absolute Gasteiger partial charge is 0.303 e. The minimum absolute atomic E-state index is 0.753. The Hall–Kier alpha value is -2.44. The fraction of sp³-hybridized carbons (Fsp3) is 0.364. The molecule has 1 fully saturated rings. The van der Waals surface area contributed by atoms with Crippen molar-refractivity contribution in [3.63, 3.8) is 0 Å². The van der Waals surface area contributed by atoms with Crippen LogP contribution in [0.4, 0.5) is 0 Å². The maximum atomic E-state index is 9.27. The zero-order valence-corrected chi connectivity index (χ0v) is 14.8. The lowest BCUT2D eigenvalue weighted by Crippen LogP contribution is -2.30. The molecule has 1 aromatic carbocycles. The highest BCUT2D eigenvalue weighted by Gasteiger charge is 2.24. The SMILES string of the molecule is CCN1CCC(=C2c3ccc(C#N)cc3CCc3cccnc32)CC1. The van der Waals surface area contributed by atoms with Crippen LogP contribution in [-0.4, -0.2) is 29.5 Å². The van der Waals surface area contributed by atoms with Crippen molar-refractivity contribution < 1.29 is 0 Å². The molecule has 0 radical (unpaired) electrons. The fourth-order valence-corrected chi connectivity index (χ4v) is 4.12. The monoisotopic (exact) mass is 329 g/mol. The van der Waals surface area contributed by atoms with Crippen molar-refractivity contribution in [2.45, 2.75) is 32.6 Å². The summed E-state index contributed by atoms with van der Waals surface area (Å²) >= 11 is 0. The summed E-state index contributed by atoms with van der Waals surface area (Å²) in [5, 5.41) is 9.27. The summed E-state index contributed by atoms with van der Waals surface area (Å²) in [6.45, 7) is 5.62. The molecule has 1 aliphatic heterocycles. The van der Waals surface area contributed by atoms with Crippen LogP contribution < -0.4 is 0 Å². The number of hydrogen-bond acceptors (Lipinski definition) is 3. The van der Waals surface area contributed by atoms with E-state index in [9.17, 15) is 5.26 Å². The highest BCUT2D eigenvalue weighted by atomic mass is 15.1. The number of pyridine rings is 1. The Morgan fingerprint density at radius 2 is 1.88 bits per heavy atom. The van der Waals surface area contributed by atoms with Gasteiger partial charge in [-0.15, -0.1) is 0 Å². The van der Waals surface area contributed by atoms with Gasteiger partial charge in [0, 0.05) is 24.9 Å². The molecule has 0 spiro atoms. The summed E-state index contributed by atoms with van der Waals surface area (Å²) in [6.07, 6.45) is 6.09. The molecule has 3 nitrogen and oxygen atoms in total. The molecule has 25 heavy (non-hydrogen) atoms. The van der Waals surface area contributed by atoms with Gasteiger partial charge in [0.2, 0.25) is 0 Å². The lowest BCUT2D eigenvalue weighted by molar-refractivity contribution is 0.270. The first kappa shape index (κ1) is 16.1. The summed E-state index contributed by atoms with van der Waals surface area (Å²) < 4.78 is 0. The minimum Gasteiger partial charge on any atom is -0.303 e. The van der Waals surface area contributed by atoms with Crippen LogP contribution in [0.3, 0.4) is 0 Å². The molecule has 3 heteroatoms. The smallest absolute Gasteiger partial charge is 0.0991 e. The van der Waals surface area contributed by atoms with Crippen molar-refractivity contribution in [3.05, 3.63) is 70.0 Å². The van der Waals surface area contributed by atoms with Crippen LogP contribution >= 0.6 is 0 Å². The predicted octanol–water partition coefficient (Wildman–Crippen LogP) is 3.97. The highest BCUT2D eigenvalue weighted by molar-refractivity contribution is 5.84. The van der Waals surface area contributed by atoms with Gasteiger partial charge in [-0.1, -0.05) is 24.6 Å². The fourth-order valence-electron chi connectivity index (χ4n) is 4.12. The van der Waals surface area contributed by atoms with Gasteiger partial charge in [0.05, 0.1) is 17.3 Å². The van der Waals surface area contributed by atoms with Gasteiger partial charge in [-0.05, 0) is 67.1 Å². The third-order valence-corrected chi connectivity index (χ3v) is 5.56. The average Bonchev–Trinajstić information content (AvgIpc) is 2.84. The number of aryl methyl sites for hydroxylation is 2. The summed E-state index contributed by atoms with van der Waals surface area (Å²) in [5.41, 5.74) is 8.68. The number of aromatic nitrogens is 1. The molecule has 1 saturated heterocycles. The van der Waals surface area contributed by atoms with E-state index in [0.717, 1.165) is 56.6 Å². The average molecular weight is 329 g/mol. The quantitative estimate of drug-likeness (QED) is 0.795. The Kier molecular flexibility index (Phi) is 4.38.